The highest BCUT2D eigenvalue weighted by Gasteiger charge is 2.21. The highest BCUT2D eigenvalue weighted by molar-refractivity contribution is 7.89. The number of primary sulfonamides is 1. The van der Waals surface area contributed by atoms with E-state index in [1.807, 2.05) is 0 Å². The third-order valence-electron chi connectivity index (χ3n) is 2.82. The number of sulfonamides is 1. The number of benzene rings is 1. The molecule has 0 saturated carbocycles. The van der Waals surface area contributed by atoms with Gasteiger partial charge in [-0.05, 0) is 18.6 Å². The Morgan fingerprint density at radius 3 is 2.72 bits per heavy atom. The van der Waals surface area contributed by atoms with Crippen molar-refractivity contribution in [2.24, 2.45) is 5.14 Å². The molecule has 6 nitrogen and oxygen atoms in total. The molecule has 1 aromatic carbocycles. The summed E-state index contributed by atoms with van der Waals surface area (Å²) in [7, 11) is -3.74. The van der Waals surface area contributed by atoms with Crippen molar-refractivity contribution in [2.75, 3.05) is 11.9 Å². The number of hydrogen-bond acceptors (Lipinski definition) is 4. The van der Waals surface area contributed by atoms with Crippen LogP contribution in [0.2, 0.25) is 0 Å². The number of carbonyl (C=O) groups excluding carboxylic acids is 1. The molecular weight excluding hydrogens is 254 g/mol. The van der Waals surface area contributed by atoms with Crippen LogP contribution in [0.15, 0.2) is 29.2 Å². The van der Waals surface area contributed by atoms with Crippen LogP contribution in [0, 0.1) is 0 Å². The first-order chi connectivity index (χ1) is 8.47. The average Bonchev–Trinajstić information content (AvgIpc) is 2.72. The summed E-state index contributed by atoms with van der Waals surface area (Å²) in [5.41, 5.74) is 0.459. The predicted octanol–water partition coefficient (Wildman–Crippen LogP) is 0.0245. The maximum atomic E-state index is 11.4. The molecule has 2 rings (SSSR count). The molecule has 98 valence electrons. The fraction of sp³-hybridized carbons (Fsp3) is 0.364. The van der Waals surface area contributed by atoms with E-state index >= 15 is 0 Å². The van der Waals surface area contributed by atoms with Gasteiger partial charge in [0.05, 0.1) is 5.69 Å². The number of carbonyl (C=O) groups is 1. The minimum Gasteiger partial charge on any atom is -0.382 e. The minimum absolute atomic E-state index is 0.0292. The summed E-state index contributed by atoms with van der Waals surface area (Å²) >= 11 is 0. The van der Waals surface area contributed by atoms with Crippen LogP contribution < -0.4 is 15.8 Å². The van der Waals surface area contributed by atoms with Gasteiger partial charge in [0, 0.05) is 19.0 Å². The Morgan fingerprint density at radius 1 is 1.39 bits per heavy atom. The topological polar surface area (TPSA) is 101 Å². The van der Waals surface area contributed by atoms with Crippen LogP contribution in [-0.2, 0) is 14.8 Å². The lowest BCUT2D eigenvalue weighted by molar-refractivity contribution is -0.119. The maximum absolute atomic E-state index is 11.4. The van der Waals surface area contributed by atoms with Gasteiger partial charge >= 0.3 is 0 Å². The summed E-state index contributed by atoms with van der Waals surface area (Å²) in [5.74, 6) is 0.0292. The lowest BCUT2D eigenvalue weighted by Gasteiger charge is -2.14. The van der Waals surface area contributed by atoms with E-state index in [0.29, 0.717) is 18.7 Å². The van der Waals surface area contributed by atoms with Crippen molar-refractivity contribution in [3.63, 3.8) is 0 Å². The predicted molar refractivity (Wildman–Crippen MR) is 67.5 cm³/mol. The molecule has 1 aliphatic rings. The van der Waals surface area contributed by atoms with Crippen molar-refractivity contribution in [2.45, 2.75) is 23.8 Å². The standard InChI is InChI=1S/C11H15N3O3S/c12-18(16,17)10-4-2-1-3-9(10)13-7-8-5-6-11(15)14-8/h1-4,8,13H,5-7H2,(H,14,15)(H2,12,16,17). The van der Waals surface area contributed by atoms with E-state index in [9.17, 15) is 13.2 Å². The average molecular weight is 269 g/mol. The quantitative estimate of drug-likeness (QED) is 0.717. The number of nitrogens with one attached hydrogen (secondary N) is 2. The van der Waals surface area contributed by atoms with Gasteiger partial charge in [0.1, 0.15) is 4.90 Å². The lowest BCUT2D eigenvalue weighted by atomic mass is 10.2. The summed E-state index contributed by atoms with van der Waals surface area (Å²) in [6.07, 6.45) is 1.27. The van der Waals surface area contributed by atoms with Crippen molar-refractivity contribution in [3.8, 4) is 0 Å². The Kier molecular flexibility index (Phi) is 3.53. The van der Waals surface area contributed by atoms with Gasteiger partial charge in [-0.25, -0.2) is 13.6 Å². The zero-order valence-electron chi connectivity index (χ0n) is 9.72. The van der Waals surface area contributed by atoms with Crippen molar-refractivity contribution < 1.29 is 13.2 Å². The zero-order chi connectivity index (χ0) is 13.2. The van der Waals surface area contributed by atoms with E-state index in [1.54, 1.807) is 18.2 Å². The fourth-order valence-electron chi connectivity index (χ4n) is 1.92. The SMILES string of the molecule is NS(=O)(=O)c1ccccc1NCC1CCC(=O)N1. The van der Waals surface area contributed by atoms with Gasteiger partial charge in [-0.15, -0.1) is 0 Å². The molecule has 1 atom stereocenters. The maximum Gasteiger partial charge on any atom is 0.240 e. The number of amides is 1. The van der Waals surface area contributed by atoms with Crippen molar-refractivity contribution in [1.29, 1.82) is 0 Å². The molecule has 7 heteroatoms. The molecule has 1 unspecified atom stereocenters. The van der Waals surface area contributed by atoms with E-state index < -0.39 is 10.0 Å². The van der Waals surface area contributed by atoms with Gasteiger partial charge in [-0.1, -0.05) is 12.1 Å². The lowest BCUT2D eigenvalue weighted by Crippen LogP contribution is -2.32. The first-order valence-corrected chi connectivity index (χ1v) is 7.16. The summed E-state index contributed by atoms with van der Waals surface area (Å²) in [5, 5.41) is 10.9. The summed E-state index contributed by atoms with van der Waals surface area (Å²) < 4.78 is 22.7. The third-order valence-corrected chi connectivity index (χ3v) is 3.79. The second-order valence-electron chi connectivity index (χ2n) is 4.23. The molecule has 1 heterocycles. The van der Waals surface area contributed by atoms with Crippen molar-refractivity contribution >= 4 is 21.6 Å². The normalized spacial score (nSPS) is 19.6. The molecule has 0 aromatic heterocycles. The van der Waals surface area contributed by atoms with E-state index in [1.165, 1.54) is 6.07 Å². The molecule has 1 fully saturated rings. The Morgan fingerprint density at radius 2 is 2.11 bits per heavy atom. The smallest absolute Gasteiger partial charge is 0.240 e. The molecule has 4 N–H and O–H groups in total. The van der Waals surface area contributed by atoms with Gasteiger partial charge in [-0.3, -0.25) is 4.79 Å². The molecule has 0 bridgehead atoms. The Bertz CT molecular complexity index is 556. The largest absolute Gasteiger partial charge is 0.382 e. The van der Waals surface area contributed by atoms with Gasteiger partial charge in [0.2, 0.25) is 15.9 Å². The molecule has 0 radical (unpaired) electrons. The Hall–Kier alpha value is -1.60. The molecule has 0 spiro atoms. The zero-order valence-corrected chi connectivity index (χ0v) is 10.5. The number of nitrogens with two attached hydrogens (primary N) is 1. The summed E-state index contributed by atoms with van der Waals surface area (Å²) in [6.45, 7) is 0.484. The first kappa shape index (κ1) is 12.8. The second kappa shape index (κ2) is 4.95. The van der Waals surface area contributed by atoms with Crippen LogP contribution in [0.3, 0.4) is 0 Å². The van der Waals surface area contributed by atoms with Gasteiger partial charge in [0.25, 0.3) is 0 Å². The van der Waals surface area contributed by atoms with Crippen LogP contribution in [0.4, 0.5) is 5.69 Å². The number of hydrogen-bond donors (Lipinski definition) is 3. The molecule has 1 saturated heterocycles. The van der Waals surface area contributed by atoms with E-state index in [-0.39, 0.29) is 16.8 Å². The molecule has 0 aliphatic carbocycles. The molecule has 1 amide bonds. The van der Waals surface area contributed by atoms with Crippen LogP contribution >= 0.6 is 0 Å². The van der Waals surface area contributed by atoms with Gasteiger partial charge in [0.15, 0.2) is 0 Å². The number of anilines is 1. The highest BCUT2D eigenvalue weighted by atomic mass is 32.2. The van der Waals surface area contributed by atoms with Crippen LogP contribution in [0.1, 0.15) is 12.8 Å². The second-order valence-corrected chi connectivity index (χ2v) is 5.76. The first-order valence-electron chi connectivity index (χ1n) is 5.62. The van der Waals surface area contributed by atoms with E-state index in [0.717, 1.165) is 6.42 Å². The minimum atomic E-state index is -3.74. The molecule has 18 heavy (non-hydrogen) atoms. The molecular formula is C11H15N3O3S. The van der Waals surface area contributed by atoms with Gasteiger partial charge in [-0.2, -0.15) is 0 Å². The van der Waals surface area contributed by atoms with E-state index in [2.05, 4.69) is 10.6 Å². The summed E-state index contributed by atoms with van der Waals surface area (Å²) in [6, 6.07) is 6.47. The molecule has 1 aliphatic heterocycles. The van der Waals surface area contributed by atoms with Crippen LogP contribution in [-0.4, -0.2) is 26.9 Å². The highest BCUT2D eigenvalue weighted by Crippen LogP contribution is 2.19. The number of para-hydroxylation sites is 1. The number of rotatable bonds is 4. The van der Waals surface area contributed by atoms with Crippen molar-refractivity contribution in [3.05, 3.63) is 24.3 Å². The Balaban J connectivity index is 2.08. The van der Waals surface area contributed by atoms with E-state index in [4.69, 9.17) is 5.14 Å². The van der Waals surface area contributed by atoms with Crippen LogP contribution in [0.25, 0.3) is 0 Å². The molecule has 1 aromatic rings. The third kappa shape index (κ3) is 2.99. The van der Waals surface area contributed by atoms with Crippen molar-refractivity contribution in [1.82, 2.24) is 5.32 Å². The fourth-order valence-corrected chi connectivity index (χ4v) is 2.64. The Labute approximate surface area is 106 Å². The van der Waals surface area contributed by atoms with Crippen LogP contribution in [0.5, 0.6) is 0 Å². The van der Waals surface area contributed by atoms with Gasteiger partial charge < -0.3 is 10.6 Å². The summed E-state index contributed by atoms with van der Waals surface area (Å²) in [4.78, 5) is 11.1. The monoisotopic (exact) mass is 269 g/mol.